The lowest BCUT2D eigenvalue weighted by molar-refractivity contribution is -0.384. The van der Waals surface area contributed by atoms with Crippen LogP contribution >= 0.6 is 0 Å². The van der Waals surface area contributed by atoms with Gasteiger partial charge in [-0.1, -0.05) is 17.7 Å². The highest BCUT2D eigenvalue weighted by Gasteiger charge is 2.11. The van der Waals surface area contributed by atoms with Crippen molar-refractivity contribution in [3.05, 3.63) is 69.8 Å². The molecule has 2 aromatic rings. The van der Waals surface area contributed by atoms with Gasteiger partial charge in [0.1, 0.15) is 13.2 Å². The van der Waals surface area contributed by atoms with Crippen LogP contribution in [0.4, 0.5) is 11.4 Å². The van der Waals surface area contributed by atoms with E-state index < -0.39 is 29.3 Å². The van der Waals surface area contributed by atoms with Crippen LogP contribution in [0.25, 0.3) is 0 Å². The van der Waals surface area contributed by atoms with Crippen LogP contribution < -0.4 is 16.2 Å². The van der Waals surface area contributed by atoms with E-state index in [0.29, 0.717) is 5.69 Å². The number of anilines is 1. The molecule has 0 spiro atoms. The first-order valence-electron chi connectivity index (χ1n) is 8.13. The van der Waals surface area contributed by atoms with Gasteiger partial charge in [-0.15, -0.1) is 0 Å². The summed E-state index contributed by atoms with van der Waals surface area (Å²) >= 11 is 0. The van der Waals surface area contributed by atoms with Gasteiger partial charge in [0.25, 0.3) is 17.5 Å². The average Bonchev–Trinajstić information content (AvgIpc) is 2.68. The van der Waals surface area contributed by atoms with Crippen molar-refractivity contribution in [3.8, 4) is 0 Å². The van der Waals surface area contributed by atoms with Gasteiger partial charge < -0.3 is 10.1 Å². The van der Waals surface area contributed by atoms with Crippen molar-refractivity contribution in [2.24, 2.45) is 0 Å². The molecule has 0 unspecified atom stereocenters. The van der Waals surface area contributed by atoms with Crippen molar-refractivity contribution in [1.82, 2.24) is 10.9 Å². The zero-order valence-corrected chi connectivity index (χ0v) is 14.9. The molecule has 2 aromatic carbocycles. The average molecular weight is 386 g/mol. The third kappa shape index (κ3) is 6.50. The molecule has 10 heteroatoms. The Morgan fingerprint density at radius 2 is 1.54 bits per heavy atom. The summed E-state index contributed by atoms with van der Waals surface area (Å²) in [6.07, 6.45) is 0. The van der Waals surface area contributed by atoms with E-state index in [1.165, 1.54) is 24.3 Å². The van der Waals surface area contributed by atoms with Crippen LogP contribution in [-0.2, 0) is 14.3 Å². The smallest absolute Gasteiger partial charge is 0.269 e. The number of non-ortho nitro benzene ring substituents is 1. The number of benzene rings is 2. The molecule has 0 atom stereocenters. The summed E-state index contributed by atoms with van der Waals surface area (Å²) in [5.74, 6) is -1.75. The van der Waals surface area contributed by atoms with Crippen molar-refractivity contribution < 1.29 is 24.0 Å². The number of carbonyl (C=O) groups is 3. The summed E-state index contributed by atoms with van der Waals surface area (Å²) in [5, 5.41) is 13.2. The molecule has 0 fully saturated rings. The van der Waals surface area contributed by atoms with Crippen LogP contribution in [0.15, 0.2) is 48.5 Å². The molecule has 0 heterocycles. The Kier molecular flexibility index (Phi) is 7.17. The number of hydrogen-bond donors (Lipinski definition) is 3. The van der Waals surface area contributed by atoms with Crippen LogP contribution in [0.2, 0.25) is 0 Å². The Hall–Kier alpha value is -3.79. The molecule has 2 rings (SSSR count). The second kappa shape index (κ2) is 9.78. The van der Waals surface area contributed by atoms with Gasteiger partial charge in [-0.2, -0.15) is 0 Å². The Balaban J connectivity index is 1.67. The number of nitro groups is 1. The van der Waals surface area contributed by atoms with Gasteiger partial charge in [-0.3, -0.25) is 35.3 Å². The van der Waals surface area contributed by atoms with Gasteiger partial charge in [0.2, 0.25) is 5.91 Å². The fourth-order valence-electron chi connectivity index (χ4n) is 2.04. The standard InChI is InChI=1S/C18H18N4O6/c1-12-2-6-14(7-3-12)19-16(23)10-28-11-17(24)20-21-18(25)13-4-8-15(9-5-13)22(26)27/h2-9H,10-11H2,1H3,(H,19,23)(H,20,24)(H,21,25). The maximum atomic E-state index is 11.8. The number of amides is 3. The second-order valence-electron chi connectivity index (χ2n) is 5.71. The molecule has 0 aliphatic carbocycles. The molecule has 0 aliphatic rings. The summed E-state index contributed by atoms with van der Waals surface area (Å²) < 4.78 is 4.98. The number of hydrazine groups is 1. The van der Waals surface area contributed by atoms with Gasteiger partial charge in [0, 0.05) is 23.4 Å². The van der Waals surface area contributed by atoms with Gasteiger partial charge in [-0.25, -0.2) is 0 Å². The molecule has 0 aliphatic heterocycles. The van der Waals surface area contributed by atoms with E-state index in [1.807, 2.05) is 19.1 Å². The molecule has 3 amide bonds. The highest BCUT2D eigenvalue weighted by atomic mass is 16.6. The predicted molar refractivity (Wildman–Crippen MR) is 99.3 cm³/mol. The first-order valence-corrected chi connectivity index (χ1v) is 8.13. The third-order valence-corrected chi connectivity index (χ3v) is 3.46. The predicted octanol–water partition coefficient (Wildman–Crippen LogP) is 1.32. The summed E-state index contributed by atoms with van der Waals surface area (Å²) in [7, 11) is 0. The maximum Gasteiger partial charge on any atom is 0.269 e. The number of nitrogens with zero attached hydrogens (tertiary/aromatic N) is 1. The number of nitrogens with one attached hydrogen (secondary N) is 3. The largest absolute Gasteiger partial charge is 0.362 e. The van der Waals surface area contributed by atoms with E-state index >= 15 is 0 Å². The molecule has 3 N–H and O–H groups in total. The lowest BCUT2D eigenvalue weighted by Gasteiger charge is -2.08. The maximum absolute atomic E-state index is 11.8. The van der Waals surface area contributed by atoms with Crippen LogP contribution in [0, 0.1) is 17.0 Å². The second-order valence-corrected chi connectivity index (χ2v) is 5.71. The minimum absolute atomic E-state index is 0.129. The van der Waals surface area contributed by atoms with E-state index in [-0.39, 0.29) is 17.9 Å². The van der Waals surface area contributed by atoms with Gasteiger partial charge >= 0.3 is 0 Å². The summed E-state index contributed by atoms with van der Waals surface area (Å²) in [5.41, 5.74) is 5.90. The number of ether oxygens (including phenoxy) is 1. The molecule has 0 saturated heterocycles. The topological polar surface area (TPSA) is 140 Å². The summed E-state index contributed by atoms with van der Waals surface area (Å²) in [4.78, 5) is 45.2. The van der Waals surface area contributed by atoms with Crippen LogP contribution in [0.3, 0.4) is 0 Å². The van der Waals surface area contributed by atoms with Gasteiger partial charge in [0.15, 0.2) is 0 Å². The third-order valence-electron chi connectivity index (χ3n) is 3.46. The quantitative estimate of drug-likeness (QED) is 0.484. The van der Waals surface area contributed by atoms with Crippen molar-refractivity contribution in [2.45, 2.75) is 6.92 Å². The Labute approximate surface area is 160 Å². The molecule has 0 aromatic heterocycles. The van der Waals surface area contributed by atoms with Crippen molar-refractivity contribution in [1.29, 1.82) is 0 Å². The molecule has 0 saturated carbocycles. The molecule has 10 nitrogen and oxygen atoms in total. The molecule has 0 radical (unpaired) electrons. The number of carbonyl (C=O) groups excluding carboxylic acids is 3. The summed E-state index contributed by atoms with van der Waals surface area (Å²) in [6, 6.07) is 12.0. The van der Waals surface area contributed by atoms with E-state index in [9.17, 15) is 24.5 Å². The minimum atomic E-state index is -0.668. The van der Waals surface area contributed by atoms with E-state index in [4.69, 9.17) is 4.74 Å². The van der Waals surface area contributed by atoms with Gasteiger partial charge in [-0.05, 0) is 31.2 Å². The van der Waals surface area contributed by atoms with E-state index in [2.05, 4.69) is 16.2 Å². The zero-order valence-electron chi connectivity index (χ0n) is 14.9. The number of rotatable bonds is 7. The Morgan fingerprint density at radius 3 is 2.14 bits per heavy atom. The highest BCUT2D eigenvalue weighted by Crippen LogP contribution is 2.11. The molecule has 0 bridgehead atoms. The lowest BCUT2D eigenvalue weighted by atomic mass is 10.2. The summed E-state index contributed by atoms with van der Waals surface area (Å²) in [6.45, 7) is 1.15. The van der Waals surface area contributed by atoms with Crippen LogP contribution in [0.5, 0.6) is 0 Å². The number of hydrogen-bond acceptors (Lipinski definition) is 6. The molecular weight excluding hydrogens is 368 g/mol. The minimum Gasteiger partial charge on any atom is -0.362 e. The van der Waals surface area contributed by atoms with Crippen LogP contribution in [0.1, 0.15) is 15.9 Å². The Bertz CT molecular complexity index is 865. The first kappa shape index (κ1) is 20.5. The number of nitro benzene ring substituents is 1. The van der Waals surface area contributed by atoms with Crippen molar-refractivity contribution >= 4 is 29.1 Å². The van der Waals surface area contributed by atoms with Gasteiger partial charge in [0.05, 0.1) is 4.92 Å². The van der Waals surface area contributed by atoms with Crippen LogP contribution in [-0.4, -0.2) is 35.9 Å². The highest BCUT2D eigenvalue weighted by molar-refractivity contribution is 5.95. The van der Waals surface area contributed by atoms with E-state index in [0.717, 1.165) is 5.56 Å². The fourth-order valence-corrected chi connectivity index (χ4v) is 2.04. The SMILES string of the molecule is Cc1ccc(NC(=O)COCC(=O)NNC(=O)c2ccc([N+](=O)[O-])cc2)cc1. The zero-order chi connectivity index (χ0) is 20.5. The normalized spacial score (nSPS) is 10.0. The molecular formula is C18H18N4O6. The monoisotopic (exact) mass is 386 g/mol. The number of aryl methyl sites for hydroxylation is 1. The first-order chi connectivity index (χ1) is 13.3. The Morgan fingerprint density at radius 1 is 0.929 bits per heavy atom. The van der Waals surface area contributed by atoms with E-state index in [1.54, 1.807) is 12.1 Å². The molecule has 146 valence electrons. The lowest BCUT2D eigenvalue weighted by Crippen LogP contribution is -2.43. The molecule has 28 heavy (non-hydrogen) atoms. The van der Waals surface area contributed by atoms with Crippen molar-refractivity contribution in [2.75, 3.05) is 18.5 Å². The van der Waals surface area contributed by atoms with Crippen molar-refractivity contribution in [3.63, 3.8) is 0 Å². The fraction of sp³-hybridized carbons (Fsp3) is 0.167.